The molecule has 1 fully saturated rings. The van der Waals surface area contributed by atoms with Crippen LogP contribution in [0.15, 0.2) is 18.2 Å². The number of hydrogen-bond acceptors (Lipinski definition) is 5. The Hall–Kier alpha value is -2.15. The second kappa shape index (κ2) is 7.03. The van der Waals surface area contributed by atoms with Crippen LogP contribution in [-0.4, -0.2) is 31.0 Å². The van der Waals surface area contributed by atoms with Gasteiger partial charge in [0.1, 0.15) is 5.75 Å². The van der Waals surface area contributed by atoms with E-state index in [9.17, 15) is 14.9 Å². The first-order chi connectivity index (χ1) is 10.1. The van der Waals surface area contributed by atoms with Gasteiger partial charge in [-0.25, -0.2) is 0 Å². The van der Waals surface area contributed by atoms with Crippen LogP contribution in [0.4, 0.5) is 11.4 Å². The zero-order valence-electron chi connectivity index (χ0n) is 11.9. The molecule has 1 aromatic rings. The zero-order valence-corrected chi connectivity index (χ0v) is 11.9. The van der Waals surface area contributed by atoms with Crippen molar-refractivity contribution in [3.63, 3.8) is 0 Å². The van der Waals surface area contributed by atoms with Gasteiger partial charge in [-0.3, -0.25) is 14.9 Å². The smallest absolute Gasteiger partial charge is 0.273 e. The molecule has 0 aliphatic carbocycles. The number of methoxy groups -OCH3 is 1. The zero-order chi connectivity index (χ0) is 15.2. The summed E-state index contributed by atoms with van der Waals surface area (Å²) in [6.07, 6.45) is 2.56. The number of carbonyl (C=O) groups is 1. The van der Waals surface area contributed by atoms with Crippen LogP contribution in [0.3, 0.4) is 0 Å². The average molecular weight is 293 g/mol. The molecule has 21 heavy (non-hydrogen) atoms. The third kappa shape index (κ3) is 4.16. The highest BCUT2D eigenvalue weighted by atomic mass is 16.6. The number of amides is 1. The lowest BCUT2D eigenvalue weighted by Gasteiger charge is -2.22. The lowest BCUT2D eigenvalue weighted by Crippen LogP contribution is -2.32. The largest absolute Gasteiger partial charge is 0.494 e. The van der Waals surface area contributed by atoms with E-state index in [1.54, 1.807) is 0 Å². The maximum absolute atomic E-state index is 12.0. The van der Waals surface area contributed by atoms with Crippen LogP contribution in [0.1, 0.15) is 19.3 Å². The lowest BCUT2D eigenvalue weighted by molar-refractivity contribution is -0.384. The summed E-state index contributed by atoms with van der Waals surface area (Å²) in [6.45, 7) is 1.86. The molecule has 0 saturated carbocycles. The Morgan fingerprint density at radius 3 is 3.00 bits per heavy atom. The quantitative estimate of drug-likeness (QED) is 0.639. The Morgan fingerprint density at radius 1 is 1.57 bits per heavy atom. The molecule has 1 amide bonds. The molecular weight excluding hydrogens is 274 g/mol. The van der Waals surface area contributed by atoms with E-state index in [1.807, 2.05) is 0 Å². The Labute approximate surface area is 122 Å². The highest BCUT2D eigenvalue weighted by molar-refractivity contribution is 5.92. The van der Waals surface area contributed by atoms with Crippen molar-refractivity contribution in [2.24, 2.45) is 5.92 Å². The van der Waals surface area contributed by atoms with Crippen molar-refractivity contribution in [3.8, 4) is 5.75 Å². The second-order valence-electron chi connectivity index (χ2n) is 5.11. The summed E-state index contributed by atoms with van der Waals surface area (Å²) in [5.74, 6) is 0.526. The van der Waals surface area contributed by atoms with E-state index in [4.69, 9.17) is 4.74 Å². The number of piperidine rings is 1. The standard InChI is InChI=1S/C14H19N3O4/c1-21-13-8-11(17(19)20)4-5-12(13)16-14(18)7-10-3-2-6-15-9-10/h4-5,8,10,15H,2-3,6-7,9H2,1H3,(H,16,18). The summed E-state index contributed by atoms with van der Waals surface area (Å²) in [4.78, 5) is 22.3. The summed E-state index contributed by atoms with van der Waals surface area (Å²) in [5, 5.41) is 16.7. The molecule has 0 bridgehead atoms. The van der Waals surface area contributed by atoms with Gasteiger partial charge < -0.3 is 15.4 Å². The van der Waals surface area contributed by atoms with Crippen LogP contribution in [0.2, 0.25) is 0 Å². The van der Waals surface area contributed by atoms with Gasteiger partial charge in [-0.2, -0.15) is 0 Å². The average Bonchev–Trinajstić information content (AvgIpc) is 2.48. The number of ether oxygens (including phenoxy) is 1. The molecular formula is C14H19N3O4. The molecule has 7 nitrogen and oxygen atoms in total. The molecule has 1 atom stereocenters. The lowest BCUT2D eigenvalue weighted by atomic mass is 9.96. The number of anilines is 1. The summed E-state index contributed by atoms with van der Waals surface area (Å²) in [6, 6.07) is 4.14. The summed E-state index contributed by atoms with van der Waals surface area (Å²) in [7, 11) is 1.42. The number of nitro benzene ring substituents is 1. The topological polar surface area (TPSA) is 93.5 Å². The van der Waals surface area contributed by atoms with Crippen LogP contribution in [-0.2, 0) is 4.79 Å². The minimum Gasteiger partial charge on any atom is -0.494 e. The van der Waals surface area contributed by atoms with Gasteiger partial charge in [0.15, 0.2) is 0 Å². The van der Waals surface area contributed by atoms with Gasteiger partial charge in [0.2, 0.25) is 5.91 Å². The van der Waals surface area contributed by atoms with E-state index in [2.05, 4.69) is 10.6 Å². The highest BCUT2D eigenvalue weighted by Gasteiger charge is 2.18. The Kier molecular flexibility index (Phi) is 5.10. The minimum absolute atomic E-state index is 0.0682. The van der Waals surface area contributed by atoms with Gasteiger partial charge >= 0.3 is 0 Å². The first kappa shape index (κ1) is 15.2. The Balaban J connectivity index is 2.00. The van der Waals surface area contributed by atoms with E-state index < -0.39 is 4.92 Å². The van der Waals surface area contributed by atoms with Gasteiger partial charge in [-0.15, -0.1) is 0 Å². The van der Waals surface area contributed by atoms with Crippen LogP contribution in [0, 0.1) is 16.0 Å². The molecule has 2 N–H and O–H groups in total. The van der Waals surface area contributed by atoms with E-state index in [1.165, 1.54) is 25.3 Å². The maximum Gasteiger partial charge on any atom is 0.273 e. The second-order valence-corrected chi connectivity index (χ2v) is 5.11. The number of hydrogen-bond donors (Lipinski definition) is 2. The fourth-order valence-corrected chi connectivity index (χ4v) is 2.46. The highest BCUT2D eigenvalue weighted by Crippen LogP contribution is 2.29. The number of nitrogens with one attached hydrogen (secondary N) is 2. The van der Waals surface area contributed by atoms with Crippen molar-refractivity contribution >= 4 is 17.3 Å². The van der Waals surface area contributed by atoms with Crippen LogP contribution < -0.4 is 15.4 Å². The molecule has 1 heterocycles. The van der Waals surface area contributed by atoms with Crippen molar-refractivity contribution in [1.29, 1.82) is 0 Å². The van der Waals surface area contributed by atoms with E-state index in [0.29, 0.717) is 23.8 Å². The van der Waals surface area contributed by atoms with Crippen molar-refractivity contribution in [2.75, 3.05) is 25.5 Å². The molecule has 1 aliphatic rings. The molecule has 1 saturated heterocycles. The van der Waals surface area contributed by atoms with Crippen LogP contribution in [0.25, 0.3) is 0 Å². The van der Waals surface area contributed by atoms with Gasteiger partial charge in [0.05, 0.1) is 23.8 Å². The molecule has 0 spiro atoms. The number of rotatable bonds is 5. The normalized spacial score (nSPS) is 18.0. The predicted molar refractivity (Wildman–Crippen MR) is 78.5 cm³/mol. The number of nitro groups is 1. The summed E-state index contributed by atoms with van der Waals surface area (Å²) < 4.78 is 5.10. The van der Waals surface area contributed by atoms with Crippen LogP contribution >= 0.6 is 0 Å². The number of nitrogens with zero attached hydrogens (tertiary/aromatic N) is 1. The molecule has 114 valence electrons. The first-order valence-corrected chi connectivity index (χ1v) is 6.93. The SMILES string of the molecule is COc1cc([N+](=O)[O-])ccc1NC(=O)CC1CCCNC1. The number of non-ortho nitro benzene ring substituents is 1. The van der Waals surface area contributed by atoms with E-state index in [0.717, 1.165) is 25.9 Å². The monoisotopic (exact) mass is 293 g/mol. The van der Waals surface area contributed by atoms with Gasteiger partial charge in [-0.05, 0) is 37.9 Å². The van der Waals surface area contributed by atoms with Crippen molar-refractivity contribution in [3.05, 3.63) is 28.3 Å². The van der Waals surface area contributed by atoms with Crippen LogP contribution in [0.5, 0.6) is 5.75 Å². The maximum atomic E-state index is 12.0. The van der Waals surface area contributed by atoms with E-state index in [-0.39, 0.29) is 11.6 Å². The minimum atomic E-state index is -0.498. The fraction of sp³-hybridized carbons (Fsp3) is 0.500. The third-order valence-electron chi connectivity index (χ3n) is 3.54. The molecule has 7 heteroatoms. The number of carbonyl (C=O) groups excluding carboxylic acids is 1. The predicted octanol–water partition coefficient (Wildman–Crippen LogP) is 1.93. The first-order valence-electron chi connectivity index (χ1n) is 6.93. The molecule has 0 radical (unpaired) electrons. The molecule has 1 unspecified atom stereocenters. The van der Waals surface area contributed by atoms with Crippen molar-refractivity contribution in [1.82, 2.24) is 5.32 Å². The molecule has 0 aromatic heterocycles. The van der Waals surface area contributed by atoms with Gasteiger partial charge in [0, 0.05) is 12.5 Å². The van der Waals surface area contributed by atoms with Crippen molar-refractivity contribution in [2.45, 2.75) is 19.3 Å². The molecule has 1 aromatic carbocycles. The van der Waals surface area contributed by atoms with Gasteiger partial charge in [0.25, 0.3) is 5.69 Å². The third-order valence-corrected chi connectivity index (χ3v) is 3.54. The van der Waals surface area contributed by atoms with Gasteiger partial charge in [-0.1, -0.05) is 0 Å². The fourth-order valence-electron chi connectivity index (χ4n) is 2.46. The van der Waals surface area contributed by atoms with Crippen molar-refractivity contribution < 1.29 is 14.5 Å². The molecule has 2 rings (SSSR count). The summed E-state index contributed by atoms with van der Waals surface area (Å²) >= 11 is 0. The Bertz CT molecular complexity index is 527. The Morgan fingerprint density at radius 2 is 2.38 bits per heavy atom. The summed E-state index contributed by atoms with van der Waals surface area (Å²) in [5.41, 5.74) is 0.387. The molecule has 1 aliphatic heterocycles. The van der Waals surface area contributed by atoms with E-state index >= 15 is 0 Å². The number of benzene rings is 1.